The van der Waals surface area contributed by atoms with E-state index < -0.39 is 11.9 Å². The molecule has 2 heterocycles. The molecule has 24 heavy (non-hydrogen) atoms. The Bertz CT molecular complexity index is 719. The summed E-state index contributed by atoms with van der Waals surface area (Å²) in [6, 6.07) is 6.64. The minimum absolute atomic E-state index is 0.0708. The molecule has 0 saturated carbocycles. The summed E-state index contributed by atoms with van der Waals surface area (Å²) in [5.41, 5.74) is 0.495. The predicted molar refractivity (Wildman–Crippen MR) is 90.9 cm³/mol. The quantitative estimate of drug-likeness (QED) is 0.783. The van der Waals surface area contributed by atoms with Crippen LogP contribution in [0.1, 0.15) is 23.7 Å². The van der Waals surface area contributed by atoms with Crippen molar-refractivity contribution < 1.29 is 14.4 Å². The SMILES string of the molecule is CCSc1ccccc1C(=O)N=C1NC(=O)C[C@@H]2C(=O)NCCN12. The van der Waals surface area contributed by atoms with Gasteiger partial charge in [-0.15, -0.1) is 11.8 Å². The Morgan fingerprint density at radius 1 is 1.38 bits per heavy atom. The molecule has 0 unspecified atom stereocenters. The Morgan fingerprint density at radius 3 is 2.96 bits per heavy atom. The summed E-state index contributed by atoms with van der Waals surface area (Å²) in [6.07, 6.45) is 0.0708. The maximum Gasteiger partial charge on any atom is 0.281 e. The van der Waals surface area contributed by atoms with Crippen LogP contribution in [0.2, 0.25) is 0 Å². The van der Waals surface area contributed by atoms with Crippen LogP contribution in [0.5, 0.6) is 0 Å². The smallest absolute Gasteiger partial charge is 0.281 e. The Morgan fingerprint density at radius 2 is 2.17 bits per heavy atom. The van der Waals surface area contributed by atoms with Crippen molar-refractivity contribution in [1.82, 2.24) is 15.5 Å². The lowest BCUT2D eigenvalue weighted by atomic mass is 10.1. The number of aliphatic imine (C=N–C) groups is 1. The van der Waals surface area contributed by atoms with Gasteiger partial charge in [0.1, 0.15) is 6.04 Å². The summed E-state index contributed by atoms with van der Waals surface area (Å²) in [6.45, 7) is 2.98. The van der Waals surface area contributed by atoms with Crippen molar-refractivity contribution in [2.45, 2.75) is 24.3 Å². The molecule has 0 aliphatic carbocycles. The molecule has 1 aromatic rings. The summed E-state index contributed by atoms with van der Waals surface area (Å²) in [5, 5.41) is 5.35. The van der Waals surface area contributed by atoms with Gasteiger partial charge in [-0.3, -0.25) is 19.7 Å². The number of benzene rings is 1. The highest BCUT2D eigenvalue weighted by molar-refractivity contribution is 7.99. The van der Waals surface area contributed by atoms with Gasteiger partial charge in [-0.1, -0.05) is 19.1 Å². The molecule has 0 radical (unpaired) electrons. The molecule has 3 rings (SSSR count). The number of hydrogen-bond acceptors (Lipinski definition) is 4. The van der Waals surface area contributed by atoms with Gasteiger partial charge < -0.3 is 10.2 Å². The molecule has 126 valence electrons. The first kappa shape index (κ1) is 16.5. The average molecular weight is 346 g/mol. The predicted octanol–water partition coefficient (Wildman–Crippen LogP) is 0.615. The summed E-state index contributed by atoms with van der Waals surface area (Å²) in [4.78, 5) is 43.0. The maximum absolute atomic E-state index is 12.6. The first-order chi connectivity index (χ1) is 11.6. The van der Waals surface area contributed by atoms with E-state index in [2.05, 4.69) is 15.6 Å². The number of guanidine groups is 1. The number of carbonyl (C=O) groups is 3. The zero-order valence-corrected chi connectivity index (χ0v) is 14.1. The monoisotopic (exact) mass is 346 g/mol. The van der Waals surface area contributed by atoms with Crippen molar-refractivity contribution in [2.24, 2.45) is 4.99 Å². The van der Waals surface area contributed by atoms with Gasteiger partial charge in [-0.2, -0.15) is 4.99 Å². The molecule has 2 aliphatic rings. The number of amides is 3. The number of rotatable bonds is 3. The molecule has 2 aliphatic heterocycles. The lowest BCUT2D eigenvalue weighted by Gasteiger charge is -2.39. The van der Waals surface area contributed by atoms with Crippen molar-refractivity contribution in [3.05, 3.63) is 29.8 Å². The highest BCUT2D eigenvalue weighted by Crippen LogP contribution is 2.23. The van der Waals surface area contributed by atoms with Gasteiger partial charge >= 0.3 is 0 Å². The molecule has 0 bridgehead atoms. The summed E-state index contributed by atoms with van der Waals surface area (Å²) in [7, 11) is 0. The van der Waals surface area contributed by atoms with E-state index in [0.29, 0.717) is 18.7 Å². The van der Waals surface area contributed by atoms with Gasteiger partial charge in [-0.25, -0.2) is 0 Å². The number of thioether (sulfide) groups is 1. The molecule has 3 amide bonds. The Balaban J connectivity index is 1.90. The van der Waals surface area contributed by atoms with Crippen LogP contribution in [0.3, 0.4) is 0 Å². The van der Waals surface area contributed by atoms with E-state index >= 15 is 0 Å². The number of nitrogens with one attached hydrogen (secondary N) is 2. The van der Waals surface area contributed by atoms with E-state index in [9.17, 15) is 14.4 Å². The minimum atomic E-state index is -0.598. The van der Waals surface area contributed by atoms with Crippen LogP contribution in [0.4, 0.5) is 0 Å². The third-order valence-corrected chi connectivity index (χ3v) is 4.81. The normalized spacial score (nSPS) is 22.0. The van der Waals surface area contributed by atoms with E-state index in [1.165, 1.54) is 0 Å². The number of nitrogens with zero attached hydrogens (tertiary/aromatic N) is 2. The Kier molecular flexibility index (Phi) is 4.84. The van der Waals surface area contributed by atoms with Gasteiger partial charge in [0.15, 0.2) is 0 Å². The van der Waals surface area contributed by atoms with Crippen LogP contribution in [0.15, 0.2) is 34.2 Å². The van der Waals surface area contributed by atoms with Gasteiger partial charge in [-0.05, 0) is 17.9 Å². The van der Waals surface area contributed by atoms with Gasteiger partial charge in [0, 0.05) is 18.0 Å². The van der Waals surface area contributed by atoms with Gasteiger partial charge in [0.2, 0.25) is 17.8 Å². The van der Waals surface area contributed by atoms with Crippen molar-refractivity contribution in [3.63, 3.8) is 0 Å². The van der Waals surface area contributed by atoms with Crippen molar-refractivity contribution in [1.29, 1.82) is 0 Å². The van der Waals surface area contributed by atoms with Crippen molar-refractivity contribution in [3.8, 4) is 0 Å². The second-order valence-corrected chi connectivity index (χ2v) is 6.73. The van der Waals surface area contributed by atoms with E-state index in [0.717, 1.165) is 10.6 Å². The number of carbonyl (C=O) groups excluding carboxylic acids is 3. The third-order valence-electron chi connectivity index (χ3n) is 3.86. The summed E-state index contributed by atoms with van der Waals surface area (Å²) in [5.74, 6) is 0.0570. The number of piperazine rings is 1. The Hall–Kier alpha value is -2.35. The standard InChI is InChI=1S/C16H18N4O3S/c1-2-24-12-6-4-3-5-10(12)14(22)19-16-18-13(21)9-11-15(23)17-7-8-20(11)16/h3-6,11H,2,7-9H2,1H3,(H,17,23)(H,18,19,21,22)/t11-/m1/s1. The minimum Gasteiger partial charge on any atom is -0.353 e. The van der Waals surface area contributed by atoms with Crippen molar-refractivity contribution in [2.75, 3.05) is 18.8 Å². The van der Waals surface area contributed by atoms with E-state index in [1.54, 1.807) is 28.8 Å². The second kappa shape index (κ2) is 7.04. The van der Waals surface area contributed by atoms with Crippen LogP contribution >= 0.6 is 11.8 Å². The Labute approximate surface area is 143 Å². The molecule has 0 spiro atoms. The fourth-order valence-corrected chi connectivity index (χ4v) is 3.56. The van der Waals surface area contributed by atoms with Crippen molar-refractivity contribution >= 4 is 35.4 Å². The molecule has 8 heteroatoms. The topological polar surface area (TPSA) is 90.9 Å². The molecule has 0 aromatic heterocycles. The fourth-order valence-electron chi connectivity index (χ4n) is 2.77. The lowest BCUT2D eigenvalue weighted by molar-refractivity contribution is -0.133. The van der Waals surface area contributed by atoms with E-state index in [-0.39, 0.29) is 24.2 Å². The molecule has 2 N–H and O–H groups in total. The van der Waals surface area contributed by atoms with Gasteiger partial charge in [0.05, 0.1) is 12.0 Å². The van der Waals surface area contributed by atoms with Crippen LogP contribution in [0, 0.1) is 0 Å². The molecule has 1 aromatic carbocycles. The number of fused-ring (bicyclic) bond motifs is 1. The van der Waals surface area contributed by atoms with Crippen LogP contribution in [-0.2, 0) is 9.59 Å². The first-order valence-corrected chi connectivity index (χ1v) is 8.77. The molecule has 7 nitrogen and oxygen atoms in total. The second-order valence-electron chi connectivity index (χ2n) is 5.42. The summed E-state index contributed by atoms with van der Waals surface area (Å²) >= 11 is 1.56. The lowest BCUT2D eigenvalue weighted by Crippen LogP contribution is -2.65. The number of hydrogen-bond donors (Lipinski definition) is 2. The first-order valence-electron chi connectivity index (χ1n) is 7.79. The molecule has 2 fully saturated rings. The average Bonchev–Trinajstić information content (AvgIpc) is 2.56. The van der Waals surface area contributed by atoms with E-state index in [4.69, 9.17) is 0 Å². The van der Waals surface area contributed by atoms with E-state index in [1.807, 2.05) is 19.1 Å². The van der Waals surface area contributed by atoms with Crippen LogP contribution in [-0.4, -0.2) is 53.5 Å². The highest BCUT2D eigenvalue weighted by atomic mass is 32.2. The van der Waals surface area contributed by atoms with Gasteiger partial charge in [0.25, 0.3) is 5.91 Å². The zero-order valence-electron chi connectivity index (χ0n) is 13.2. The molecular formula is C16H18N4O3S. The largest absolute Gasteiger partial charge is 0.353 e. The highest BCUT2D eigenvalue weighted by Gasteiger charge is 2.38. The maximum atomic E-state index is 12.6. The summed E-state index contributed by atoms with van der Waals surface area (Å²) < 4.78 is 0. The fraction of sp³-hybridized carbons (Fsp3) is 0.375. The molecule has 2 saturated heterocycles. The zero-order chi connectivity index (χ0) is 17.1. The third kappa shape index (κ3) is 3.28. The van der Waals surface area contributed by atoms with Crippen LogP contribution in [0.25, 0.3) is 0 Å². The molecular weight excluding hydrogens is 328 g/mol. The van der Waals surface area contributed by atoms with Crippen LogP contribution < -0.4 is 10.6 Å². The molecule has 1 atom stereocenters.